The predicted molar refractivity (Wildman–Crippen MR) is 105 cm³/mol. The third kappa shape index (κ3) is 4.36. The molecule has 0 saturated carbocycles. The van der Waals surface area contributed by atoms with Crippen LogP contribution in [0.3, 0.4) is 0 Å². The second kappa shape index (κ2) is 7.65. The fraction of sp³-hybridized carbons (Fsp3) is 0.130. The van der Waals surface area contributed by atoms with Crippen LogP contribution < -0.4 is 5.32 Å². The lowest BCUT2D eigenvalue weighted by Gasteiger charge is -2.12. The zero-order chi connectivity index (χ0) is 16.8. The molecule has 0 saturated heterocycles. The third-order valence-electron chi connectivity index (χ3n) is 4.10. The Labute approximate surface area is 144 Å². The van der Waals surface area contributed by atoms with Gasteiger partial charge in [-0.25, -0.2) is 0 Å². The van der Waals surface area contributed by atoms with Gasteiger partial charge in [-0.3, -0.25) is 0 Å². The van der Waals surface area contributed by atoms with Gasteiger partial charge in [0.05, 0.1) is 0 Å². The van der Waals surface area contributed by atoms with Crippen molar-refractivity contribution in [3.8, 4) is 0 Å². The Kier molecular flexibility index (Phi) is 5.12. The first-order valence-corrected chi connectivity index (χ1v) is 8.34. The zero-order valence-corrected chi connectivity index (χ0v) is 14.3. The summed E-state index contributed by atoms with van der Waals surface area (Å²) in [5.41, 5.74) is 7.47. The molecule has 0 radical (unpaired) electrons. The molecule has 0 spiro atoms. The summed E-state index contributed by atoms with van der Waals surface area (Å²) in [4.78, 5) is 0. The summed E-state index contributed by atoms with van der Waals surface area (Å²) >= 11 is 0. The first-order chi connectivity index (χ1) is 11.7. The third-order valence-corrected chi connectivity index (χ3v) is 4.10. The van der Waals surface area contributed by atoms with Crippen LogP contribution in [0.2, 0.25) is 0 Å². The van der Waals surface area contributed by atoms with Gasteiger partial charge in [-0.2, -0.15) is 0 Å². The summed E-state index contributed by atoms with van der Waals surface area (Å²) in [6.07, 6.45) is 2.26. The Morgan fingerprint density at radius 1 is 0.750 bits per heavy atom. The van der Waals surface area contributed by atoms with Gasteiger partial charge in [0.25, 0.3) is 0 Å². The molecule has 0 unspecified atom stereocenters. The van der Waals surface area contributed by atoms with E-state index in [1.54, 1.807) is 0 Å². The molecule has 0 bridgehead atoms. The highest BCUT2D eigenvalue weighted by Crippen LogP contribution is 2.20. The van der Waals surface area contributed by atoms with Crippen LogP contribution in [0.1, 0.15) is 22.3 Å². The van der Waals surface area contributed by atoms with E-state index in [9.17, 15) is 0 Å². The monoisotopic (exact) mass is 313 g/mol. The topological polar surface area (TPSA) is 12.0 Å². The summed E-state index contributed by atoms with van der Waals surface area (Å²) in [7, 11) is 0. The van der Waals surface area contributed by atoms with Crippen LogP contribution in [-0.4, -0.2) is 6.54 Å². The van der Waals surface area contributed by atoms with Crippen LogP contribution in [0.5, 0.6) is 0 Å². The molecule has 0 aliphatic rings. The summed E-state index contributed by atoms with van der Waals surface area (Å²) in [5.74, 6) is 0. The summed E-state index contributed by atoms with van der Waals surface area (Å²) in [6.45, 7) is 5.03. The Balaban J connectivity index is 1.88. The molecule has 1 heteroatoms. The predicted octanol–water partition coefficient (Wildman–Crippen LogP) is 5.96. The van der Waals surface area contributed by atoms with Gasteiger partial charge in [-0.1, -0.05) is 77.9 Å². The molecule has 0 fully saturated rings. The molecule has 0 aromatic heterocycles. The summed E-state index contributed by atoms with van der Waals surface area (Å²) in [5, 5.41) is 3.52. The normalized spacial score (nSPS) is 11.3. The highest BCUT2D eigenvalue weighted by Gasteiger charge is 2.03. The maximum atomic E-state index is 3.52. The number of rotatable bonds is 5. The molecular formula is C23H23N. The average Bonchev–Trinajstić information content (AvgIpc) is 2.62. The molecule has 0 aliphatic heterocycles. The maximum absolute atomic E-state index is 3.52. The van der Waals surface area contributed by atoms with E-state index in [1.165, 1.54) is 27.8 Å². The molecule has 0 amide bonds. The number of para-hydroxylation sites is 1. The lowest BCUT2D eigenvalue weighted by Crippen LogP contribution is -2.04. The molecule has 0 aliphatic carbocycles. The van der Waals surface area contributed by atoms with Crippen molar-refractivity contribution in [1.82, 2.24) is 0 Å². The van der Waals surface area contributed by atoms with E-state index in [4.69, 9.17) is 0 Å². The highest BCUT2D eigenvalue weighted by molar-refractivity contribution is 5.83. The number of anilines is 1. The van der Waals surface area contributed by atoms with Crippen LogP contribution in [0, 0.1) is 13.8 Å². The van der Waals surface area contributed by atoms with Crippen molar-refractivity contribution >= 4 is 17.3 Å². The molecule has 0 atom stereocenters. The largest absolute Gasteiger partial charge is 0.381 e. The number of nitrogens with one attached hydrogen (secondary N) is 1. The minimum atomic E-state index is 0.793. The Bertz CT molecular complexity index is 797. The number of aryl methyl sites for hydroxylation is 2. The molecule has 120 valence electrons. The molecule has 1 nitrogen and oxygen atoms in total. The number of benzene rings is 3. The van der Waals surface area contributed by atoms with Gasteiger partial charge in [0.1, 0.15) is 0 Å². The molecule has 0 heterocycles. The average molecular weight is 313 g/mol. The van der Waals surface area contributed by atoms with Gasteiger partial charge in [0, 0.05) is 12.2 Å². The first kappa shape index (κ1) is 16.1. The second-order valence-electron chi connectivity index (χ2n) is 6.17. The smallest absolute Gasteiger partial charge is 0.0406 e. The minimum absolute atomic E-state index is 0.793. The Morgan fingerprint density at radius 2 is 1.33 bits per heavy atom. The minimum Gasteiger partial charge on any atom is -0.381 e. The van der Waals surface area contributed by atoms with Crippen molar-refractivity contribution < 1.29 is 0 Å². The Morgan fingerprint density at radius 3 is 1.96 bits per heavy atom. The van der Waals surface area contributed by atoms with Gasteiger partial charge < -0.3 is 5.32 Å². The van der Waals surface area contributed by atoms with Crippen molar-refractivity contribution in [3.63, 3.8) is 0 Å². The van der Waals surface area contributed by atoms with Gasteiger partial charge in [0.2, 0.25) is 0 Å². The fourth-order valence-corrected chi connectivity index (χ4v) is 2.62. The zero-order valence-electron chi connectivity index (χ0n) is 14.3. The molecule has 24 heavy (non-hydrogen) atoms. The van der Waals surface area contributed by atoms with E-state index in [0.717, 1.165) is 12.2 Å². The van der Waals surface area contributed by atoms with E-state index in [-0.39, 0.29) is 0 Å². The van der Waals surface area contributed by atoms with E-state index >= 15 is 0 Å². The SMILES string of the molecule is Cc1ccc(/C=C(/CNc2ccccc2)c2ccc(C)cc2)cc1. The molecule has 1 N–H and O–H groups in total. The standard InChI is InChI=1S/C23H23N/c1-18-8-12-20(13-9-18)16-22(21-14-10-19(2)11-15-21)17-24-23-6-4-3-5-7-23/h3-16,24H,17H2,1-2H3/b22-16-. The van der Waals surface area contributed by atoms with E-state index in [2.05, 4.69) is 98.0 Å². The van der Waals surface area contributed by atoms with Crippen LogP contribution in [0.4, 0.5) is 5.69 Å². The summed E-state index contributed by atoms with van der Waals surface area (Å²) in [6, 6.07) is 27.7. The van der Waals surface area contributed by atoms with Crippen LogP contribution >= 0.6 is 0 Å². The first-order valence-electron chi connectivity index (χ1n) is 8.34. The number of hydrogen-bond donors (Lipinski definition) is 1. The lowest BCUT2D eigenvalue weighted by atomic mass is 10.0. The quantitative estimate of drug-likeness (QED) is 0.573. The van der Waals surface area contributed by atoms with Crippen molar-refractivity contribution in [3.05, 3.63) is 101 Å². The highest BCUT2D eigenvalue weighted by atomic mass is 14.9. The summed E-state index contributed by atoms with van der Waals surface area (Å²) < 4.78 is 0. The van der Waals surface area contributed by atoms with Crippen LogP contribution in [0.15, 0.2) is 78.9 Å². The molecule has 3 rings (SSSR count). The molecular weight excluding hydrogens is 290 g/mol. The van der Waals surface area contributed by atoms with E-state index in [1.807, 2.05) is 6.07 Å². The fourth-order valence-electron chi connectivity index (χ4n) is 2.62. The van der Waals surface area contributed by atoms with Crippen molar-refractivity contribution in [2.45, 2.75) is 13.8 Å². The van der Waals surface area contributed by atoms with E-state index < -0.39 is 0 Å². The Hall–Kier alpha value is -2.80. The van der Waals surface area contributed by atoms with Crippen molar-refractivity contribution in [2.75, 3.05) is 11.9 Å². The van der Waals surface area contributed by atoms with Crippen LogP contribution in [-0.2, 0) is 0 Å². The second-order valence-corrected chi connectivity index (χ2v) is 6.17. The van der Waals surface area contributed by atoms with Gasteiger partial charge in [0.15, 0.2) is 0 Å². The molecule has 3 aromatic rings. The lowest BCUT2D eigenvalue weighted by molar-refractivity contribution is 1.34. The van der Waals surface area contributed by atoms with Gasteiger partial charge in [-0.05, 0) is 48.8 Å². The van der Waals surface area contributed by atoms with Gasteiger partial charge >= 0.3 is 0 Å². The number of hydrogen-bond acceptors (Lipinski definition) is 1. The van der Waals surface area contributed by atoms with Crippen molar-refractivity contribution in [1.29, 1.82) is 0 Å². The van der Waals surface area contributed by atoms with E-state index in [0.29, 0.717) is 0 Å². The maximum Gasteiger partial charge on any atom is 0.0406 e. The molecule has 3 aromatic carbocycles. The van der Waals surface area contributed by atoms with Gasteiger partial charge in [-0.15, -0.1) is 0 Å². The van der Waals surface area contributed by atoms with Crippen molar-refractivity contribution in [2.24, 2.45) is 0 Å². The van der Waals surface area contributed by atoms with Crippen LogP contribution in [0.25, 0.3) is 11.6 Å².